The van der Waals surface area contributed by atoms with Gasteiger partial charge in [0.2, 0.25) is 5.91 Å². The molecule has 0 bridgehead atoms. The van der Waals surface area contributed by atoms with Gasteiger partial charge < -0.3 is 9.64 Å². The standard InChI is InChI=1S/C20H24N4O3/c1-20(2,3)27-19(26)24-12-11-23(17(25)14-24)13-16-5-4-8-22-18(16)15-6-9-21-10-7-15/h4-10H,11-14H2,1-3H3. The van der Waals surface area contributed by atoms with Crippen LogP contribution in [0.2, 0.25) is 0 Å². The van der Waals surface area contributed by atoms with Crippen molar-refractivity contribution < 1.29 is 14.3 Å². The van der Waals surface area contributed by atoms with Gasteiger partial charge in [-0.25, -0.2) is 4.79 Å². The molecule has 1 aliphatic heterocycles. The van der Waals surface area contributed by atoms with Gasteiger partial charge in [-0.2, -0.15) is 0 Å². The van der Waals surface area contributed by atoms with Crippen molar-refractivity contribution in [1.29, 1.82) is 0 Å². The predicted octanol–water partition coefficient (Wildman–Crippen LogP) is 2.72. The van der Waals surface area contributed by atoms with Gasteiger partial charge in [0.25, 0.3) is 0 Å². The number of aromatic nitrogens is 2. The quantitative estimate of drug-likeness (QED) is 0.833. The van der Waals surface area contributed by atoms with Crippen molar-refractivity contribution in [2.45, 2.75) is 32.9 Å². The number of carbonyl (C=O) groups excluding carboxylic acids is 2. The fourth-order valence-electron chi connectivity index (χ4n) is 2.90. The Balaban J connectivity index is 1.69. The van der Waals surface area contributed by atoms with E-state index in [4.69, 9.17) is 4.74 Å². The molecular formula is C20H24N4O3. The molecular weight excluding hydrogens is 344 g/mol. The number of amides is 2. The number of carbonyl (C=O) groups is 2. The van der Waals surface area contributed by atoms with Gasteiger partial charge in [-0.05, 0) is 44.5 Å². The minimum atomic E-state index is -0.577. The summed E-state index contributed by atoms with van der Waals surface area (Å²) in [7, 11) is 0. The Bertz CT molecular complexity index is 817. The van der Waals surface area contributed by atoms with Crippen LogP contribution in [0.1, 0.15) is 26.3 Å². The van der Waals surface area contributed by atoms with E-state index in [1.54, 1.807) is 23.5 Å². The summed E-state index contributed by atoms with van der Waals surface area (Å²) in [5, 5.41) is 0. The van der Waals surface area contributed by atoms with E-state index in [2.05, 4.69) is 9.97 Å². The van der Waals surface area contributed by atoms with Crippen molar-refractivity contribution in [2.75, 3.05) is 19.6 Å². The number of nitrogens with zero attached hydrogens (tertiary/aromatic N) is 4. The second-order valence-corrected chi connectivity index (χ2v) is 7.46. The molecule has 2 aromatic rings. The molecule has 0 saturated carbocycles. The molecule has 142 valence electrons. The first-order valence-corrected chi connectivity index (χ1v) is 8.93. The number of hydrogen-bond donors (Lipinski definition) is 0. The van der Waals surface area contributed by atoms with Crippen LogP contribution < -0.4 is 0 Å². The van der Waals surface area contributed by atoms with E-state index in [0.717, 1.165) is 16.8 Å². The van der Waals surface area contributed by atoms with Crippen LogP contribution in [0.5, 0.6) is 0 Å². The zero-order valence-electron chi connectivity index (χ0n) is 15.9. The highest BCUT2D eigenvalue weighted by atomic mass is 16.6. The summed E-state index contributed by atoms with van der Waals surface area (Å²) in [5.74, 6) is -0.100. The highest BCUT2D eigenvalue weighted by Gasteiger charge is 2.30. The summed E-state index contributed by atoms with van der Waals surface area (Å²) in [6.45, 7) is 6.82. The highest BCUT2D eigenvalue weighted by Crippen LogP contribution is 2.22. The number of pyridine rings is 2. The summed E-state index contributed by atoms with van der Waals surface area (Å²) < 4.78 is 5.36. The molecule has 0 N–H and O–H groups in total. The summed E-state index contributed by atoms with van der Waals surface area (Å²) >= 11 is 0. The molecule has 2 aromatic heterocycles. The van der Waals surface area contributed by atoms with Gasteiger partial charge in [-0.1, -0.05) is 6.07 Å². The molecule has 3 rings (SSSR count). The smallest absolute Gasteiger partial charge is 0.410 e. The van der Waals surface area contributed by atoms with Gasteiger partial charge in [0.05, 0.1) is 5.69 Å². The zero-order valence-corrected chi connectivity index (χ0v) is 15.9. The van der Waals surface area contributed by atoms with Crippen molar-refractivity contribution >= 4 is 12.0 Å². The largest absolute Gasteiger partial charge is 0.444 e. The third-order valence-electron chi connectivity index (χ3n) is 4.18. The number of piperazine rings is 1. The molecule has 3 heterocycles. The van der Waals surface area contributed by atoms with Crippen molar-refractivity contribution in [3.8, 4) is 11.3 Å². The Morgan fingerprint density at radius 2 is 1.89 bits per heavy atom. The molecule has 1 saturated heterocycles. The average molecular weight is 368 g/mol. The van der Waals surface area contributed by atoms with Gasteiger partial charge in [0.1, 0.15) is 12.1 Å². The summed E-state index contributed by atoms with van der Waals surface area (Å²) in [6, 6.07) is 7.62. The molecule has 27 heavy (non-hydrogen) atoms. The van der Waals surface area contributed by atoms with Crippen molar-refractivity contribution in [2.24, 2.45) is 0 Å². The van der Waals surface area contributed by atoms with Gasteiger partial charge in [-0.3, -0.25) is 19.7 Å². The van der Waals surface area contributed by atoms with Crippen LogP contribution in [0, 0.1) is 0 Å². The molecule has 0 unspecified atom stereocenters. The Morgan fingerprint density at radius 3 is 2.56 bits per heavy atom. The van der Waals surface area contributed by atoms with Crippen molar-refractivity contribution in [3.63, 3.8) is 0 Å². The molecule has 2 amide bonds. The van der Waals surface area contributed by atoms with Crippen LogP contribution >= 0.6 is 0 Å². The second kappa shape index (κ2) is 7.73. The molecule has 1 fully saturated rings. The number of ether oxygens (including phenoxy) is 1. The minimum absolute atomic E-state index is 0.0275. The van der Waals surface area contributed by atoms with Gasteiger partial charge >= 0.3 is 6.09 Å². The average Bonchev–Trinajstić information content (AvgIpc) is 2.63. The predicted molar refractivity (Wildman–Crippen MR) is 101 cm³/mol. The molecule has 7 nitrogen and oxygen atoms in total. The molecule has 0 aromatic carbocycles. The molecule has 7 heteroatoms. The summed E-state index contributed by atoms with van der Waals surface area (Å²) in [6.07, 6.45) is 4.73. The summed E-state index contributed by atoms with van der Waals surface area (Å²) in [5.41, 5.74) is 2.18. The van der Waals surface area contributed by atoms with E-state index < -0.39 is 11.7 Å². The fraction of sp³-hybridized carbons (Fsp3) is 0.400. The van der Waals surface area contributed by atoms with Crippen LogP contribution in [-0.4, -0.2) is 57.0 Å². The number of rotatable bonds is 3. The lowest BCUT2D eigenvalue weighted by Gasteiger charge is -2.35. The lowest BCUT2D eigenvalue weighted by molar-refractivity contribution is -0.136. The molecule has 0 spiro atoms. The lowest BCUT2D eigenvalue weighted by atomic mass is 10.1. The first-order chi connectivity index (χ1) is 12.8. The topological polar surface area (TPSA) is 75.6 Å². The van der Waals surface area contributed by atoms with Gasteiger partial charge in [0, 0.05) is 43.8 Å². The van der Waals surface area contributed by atoms with E-state index in [1.165, 1.54) is 4.90 Å². The van der Waals surface area contributed by atoms with E-state index >= 15 is 0 Å². The lowest BCUT2D eigenvalue weighted by Crippen LogP contribution is -2.52. The van der Waals surface area contributed by atoms with Gasteiger partial charge in [0.15, 0.2) is 0 Å². The normalized spacial score (nSPS) is 15.0. The van der Waals surface area contributed by atoms with Crippen LogP contribution in [0.3, 0.4) is 0 Å². The van der Waals surface area contributed by atoms with E-state index in [0.29, 0.717) is 19.6 Å². The highest BCUT2D eigenvalue weighted by molar-refractivity contribution is 5.83. The fourth-order valence-corrected chi connectivity index (χ4v) is 2.90. The second-order valence-electron chi connectivity index (χ2n) is 7.46. The molecule has 0 aliphatic carbocycles. The van der Waals surface area contributed by atoms with Crippen molar-refractivity contribution in [1.82, 2.24) is 19.8 Å². The molecule has 0 radical (unpaired) electrons. The first-order valence-electron chi connectivity index (χ1n) is 8.93. The Morgan fingerprint density at radius 1 is 1.15 bits per heavy atom. The number of hydrogen-bond acceptors (Lipinski definition) is 5. The maximum atomic E-state index is 12.6. The Kier molecular flexibility index (Phi) is 5.39. The third-order valence-corrected chi connectivity index (χ3v) is 4.18. The SMILES string of the molecule is CC(C)(C)OC(=O)N1CCN(Cc2cccnc2-c2ccncc2)C(=O)C1. The van der Waals surface area contributed by atoms with Crippen molar-refractivity contribution in [3.05, 3.63) is 48.4 Å². The Labute approximate surface area is 159 Å². The van der Waals surface area contributed by atoms with E-state index in [-0.39, 0.29) is 12.5 Å². The van der Waals surface area contributed by atoms with E-state index in [1.807, 2.05) is 45.0 Å². The Hall–Kier alpha value is -2.96. The van der Waals surface area contributed by atoms with Crippen LogP contribution in [0.4, 0.5) is 4.79 Å². The maximum absolute atomic E-state index is 12.6. The van der Waals surface area contributed by atoms with Gasteiger partial charge in [-0.15, -0.1) is 0 Å². The third kappa shape index (κ3) is 4.81. The molecule has 0 atom stereocenters. The van der Waals surface area contributed by atoms with E-state index in [9.17, 15) is 9.59 Å². The zero-order chi connectivity index (χ0) is 19.4. The van der Waals surface area contributed by atoms with Crippen LogP contribution in [0.15, 0.2) is 42.9 Å². The first kappa shape index (κ1) is 18.8. The van der Waals surface area contributed by atoms with Crippen LogP contribution in [0.25, 0.3) is 11.3 Å². The van der Waals surface area contributed by atoms with Crippen LogP contribution in [-0.2, 0) is 16.1 Å². The molecule has 1 aliphatic rings. The minimum Gasteiger partial charge on any atom is -0.444 e. The monoisotopic (exact) mass is 368 g/mol. The maximum Gasteiger partial charge on any atom is 0.410 e. The summed E-state index contributed by atoms with van der Waals surface area (Å²) in [4.78, 5) is 36.5.